The Hall–Kier alpha value is -2.98. The Balaban J connectivity index is -0.000000505. The number of carbonyl (C=O) groups excluding carboxylic acids is 4. The lowest BCUT2D eigenvalue weighted by Gasteiger charge is -2.21. The first-order valence-corrected chi connectivity index (χ1v) is 11.4. The zero-order valence-electron chi connectivity index (χ0n) is 22.8. The van der Waals surface area contributed by atoms with Crippen molar-refractivity contribution in [3.8, 4) is 0 Å². The molecule has 0 spiro atoms. The Morgan fingerprint density at radius 3 is 1.77 bits per heavy atom. The molecule has 0 aromatic heterocycles. The van der Waals surface area contributed by atoms with Crippen LogP contribution in [0.2, 0.25) is 0 Å². The van der Waals surface area contributed by atoms with Crippen molar-refractivity contribution >= 4 is 24.8 Å². The molecular weight excluding hydrogens is 452 g/mol. The zero-order valence-corrected chi connectivity index (χ0v) is 22.8. The van der Waals surface area contributed by atoms with Gasteiger partial charge in [-0.25, -0.2) is 10.6 Å². The molecule has 0 saturated carbocycles. The van der Waals surface area contributed by atoms with Gasteiger partial charge in [-0.2, -0.15) is 0 Å². The van der Waals surface area contributed by atoms with Crippen molar-refractivity contribution < 1.29 is 28.7 Å². The van der Waals surface area contributed by atoms with Gasteiger partial charge >= 0.3 is 12.1 Å². The molecule has 0 aliphatic heterocycles. The number of hydrogen-bond donors (Lipinski definition) is 4. The van der Waals surface area contributed by atoms with Gasteiger partial charge in [0.2, 0.25) is 6.41 Å². The van der Waals surface area contributed by atoms with Crippen LogP contribution in [0.25, 0.3) is 0 Å². The molecule has 1 rings (SSSR count). The molecule has 0 bridgehead atoms. The van der Waals surface area contributed by atoms with E-state index in [4.69, 9.17) is 14.3 Å². The van der Waals surface area contributed by atoms with Crippen molar-refractivity contribution in [3.63, 3.8) is 0 Å². The predicted octanol–water partition coefficient (Wildman–Crippen LogP) is 2.89. The lowest BCUT2D eigenvalue weighted by Crippen LogP contribution is -2.41. The van der Waals surface area contributed by atoms with E-state index in [2.05, 4.69) is 16.5 Å². The lowest BCUT2D eigenvalue weighted by molar-refractivity contribution is -0.154. The minimum Gasteiger partial charge on any atom is -0.460 e. The molecular formula is C25H46N4O6. The Morgan fingerprint density at radius 2 is 1.43 bits per heavy atom. The van der Waals surface area contributed by atoms with Crippen molar-refractivity contribution in [2.24, 2.45) is 5.84 Å². The highest BCUT2D eigenvalue weighted by atomic mass is 16.6. The van der Waals surface area contributed by atoms with E-state index in [1.165, 1.54) is 0 Å². The molecule has 1 unspecified atom stereocenters. The number of alkyl carbamates (subject to hydrolysis) is 1. The minimum atomic E-state index is -0.574. The third-order valence-electron chi connectivity index (χ3n) is 3.11. The number of nitrogens with one attached hydrogen (secondary N) is 3. The van der Waals surface area contributed by atoms with Crippen LogP contribution in [0.15, 0.2) is 30.3 Å². The van der Waals surface area contributed by atoms with E-state index < -0.39 is 17.7 Å². The Labute approximate surface area is 210 Å². The SMILES string of the molecule is CC(C)(C)OC(=O)NC(C=O)Cc1ccccc1.CCCC(=O)OC(C)(C)C.CNC.NNC=O. The number of ether oxygens (including phenoxy) is 2. The van der Waals surface area contributed by atoms with Crippen LogP contribution < -0.4 is 21.9 Å². The molecule has 0 heterocycles. The molecule has 0 saturated heterocycles. The topological polar surface area (TPSA) is 149 Å². The van der Waals surface area contributed by atoms with Crippen molar-refractivity contribution in [1.82, 2.24) is 16.1 Å². The van der Waals surface area contributed by atoms with Crippen molar-refractivity contribution in [1.29, 1.82) is 0 Å². The highest BCUT2D eigenvalue weighted by molar-refractivity contribution is 5.73. The Morgan fingerprint density at radius 1 is 0.971 bits per heavy atom. The van der Waals surface area contributed by atoms with Crippen LogP contribution in [0.5, 0.6) is 0 Å². The van der Waals surface area contributed by atoms with E-state index in [1.54, 1.807) is 26.2 Å². The van der Waals surface area contributed by atoms with Crippen molar-refractivity contribution in [2.45, 2.75) is 85.0 Å². The first kappa shape index (κ1) is 36.6. The Kier molecular flexibility index (Phi) is 22.5. The third kappa shape index (κ3) is 31.0. The number of benzene rings is 1. The molecule has 1 aromatic rings. The van der Waals surface area contributed by atoms with Gasteiger partial charge in [0.15, 0.2) is 0 Å². The van der Waals surface area contributed by atoms with Crippen LogP contribution in [0.3, 0.4) is 0 Å². The molecule has 10 nitrogen and oxygen atoms in total. The Bertz CT molecular complexity index is 685. The normalized spacial score (nSPS) is 10.8. The number of hydrazine groups is 1. The summed E-state index contributed by atoms with van der Waals surface area (Å²) in [6.07, 6.45) is 2.39. The summed E-state index contributed by atoms with van der Waals surface area (Å²) in [5, 5.41) is 5.29. The number of carbonyl (C=O) groups is 4. The van der Waals surface area contributed by atoms with Crippen LogP contribution >= 0.6 is 0 Å². The molecule has 1 aromatic carbocycles. The van der Waals surface area contributed by atoms with E-state index >= 15 is 0 Å². The smallest absolute Gasteiger partial charge is 0.408 e. The van der Waals surface area contributed by atoms with Crippen LogP contribution in [0.1, 0.15) is 66.9 Å². The largest absolute Gasteiger partial charge is 0.460 e. The summed E-state index contributed by atoms with van der Waals surface area (Å²) >= 11 is 0. The summed E-state index contributed by atoms with van der Waals surface area (Å²) in [6.45, 7) is 12.9. The van der Waals surface area contributed by atoms with Crippen molar-refractivity contribution in [2.75, 3.05) is 14.1 Å². The molecule has 202 valence electrons. The maximum absolute atomic E-state index is 11.5. The quantitative estimate of drug-likeness (QED) is 0.147. The average Bonchev–Trinajstić information content (AvgIpc) is 2.73. The molecule has 0 aliphatic rings. The molecule has 0 aliphatic carbocycles. The second-order valence-corrected chi connectivity index (χ2v) is 9.20. The summed E-state index contributed by atoms with van der Waals surface area (Å²) in [6, 6.07) is 8.94. The number of nitrogens with two attached hydrogens (primary N) is 1. The molecule has 2 amide bonds. The average molecular weight is 499 g/mol. The van der Waals surface area contributed by atoms with E-state index in [1.807, 2.05) is 72.1 Å². The summed E-state index contributed by atoms with van der Waals surface area (Å²) < 4.78 is 10.1. The maximum atomic E-state index is 11.5. The molecule has 0 radical (unpaired) electrons. The summed E-state index contributed by atoms with van der Waals surface area (Å²) in [4.78, 5) is 42.2. The van der Waals surface area contributed by atoms with Crippen LogP contribution in [0, 0.1) is 0 Å². The first-order chi connectivity index (χ1) is 16.2. The monoisotopic (exact) mass is 498 g/mol. The molecule has 10 heteroatoms. The number of amides is 2. The van der Waals surface area contributed by atoms with Gasteiger partial charge in [-0.1, -0.05) is 37.3 Å². The van der Waals surface area contributed by atoms with Gasteiger partial charge in [-0.3, -0.25) is 15.0 Å². The minimum absolute atomic E-state index is 0.102. The molecule has 5 N–H and O–H groups in total. The number of rotatable bonds is 7. The van der Waals surface area contributed by atoms with Gasteiger partial charge in [0, 0.05) is 6.42 Å². The highest BCUT2D eigenvalue weighted by Gasteiger charge is 2.19. The van der Waals surface area contributed by atoms with Gasteiger partial charge < -0.3 is 24.9 Å². The lowest BCUT2D eigenvalue weighted by atomic mass is 10.1. The summed E-state index contributed by atoms with van der Waals surface area (Å²) in [7, 11) is 3.75. The fourth-order valence-corrected chi connectivity index (χ4v) is 2.06. The maximum Gasteiger partial charge on any atom is 0.408 e. The van der Waals surface area contributed by atoms with E-state index in [0.29, 0.717) is 19.3 Å². The second kappa shape index (κ2) is 21.5. The fraction of sp³-hybridized carbons (Fsp3) is 0.600. The van der Waals surface area contributed by atoms with Gasteiger partial charge in [-0.15, -0.1) is 0 Å². The van der Waals surface area contributed by atoms with Gasteiger partial charge in [0.05, 0.1) is 6.04 Å². The van der Waals surface area contributed by atoms with E-state index in [9.17, 15) is 14.4 Å². The number of aldehydes is 1. The zero-order chi connectivity index (χ0) is 27.9. The molecule has 35 heavy (non-hydrogen) atoms. The number of hydrogen-bond acceptors (Lipinski definition) is 8. The van der Waals surface area contributed by atoms with Crippen LogP contribution in [0.4, 0.5) is 4.79 Å². The van der Waals surface area contributed by atoms with Gasteiger partial charge in [-0.05, 0) is 74.0 Å². The molecule has 1 atom stereocenters. The number of esters is 1. The van der Waals surface area contributed by atoms with E-state index in [0.717, 1.165) is 18.3 Å². The standard InChI is InChI=1S/C14H19NO3.C8H16O2.C2H7N.CH4N2O/c1-14(2,3)18-13(17)15-12(10-16)9-11-7-5-4-6-8-11;1-5-6-7(9)10-8(2,3)4;1-3-2;2-3-1-4/h4-8,10,12H,9H2,1-3H3,(H,15,17);5-6H2,1-4H3;3H,1-2H3;1H,2H2,(H,3,4). The van der Waals surface area contributed by atoms with E-state index in [-0.39, 0.29) is 11.6 Å². The van der Waals surface area contributed by atoms with Crippen molar-refractivity contribution in [3.05, 3.63) is 35.9 Å². The summed E-state index contributed by atoms with van der Waals surface area (Å²) in [5.74, 6) is 4.31. The second-order valence-electron chi connectivity index (χ2n) is 9.20. The van der Waals surface area contributed by atoms with Crippen LogP contribution in [-0.2, 0) is 30.3 Å². The van der Waals surface area contributed by atoms with Crippen LogP contribution in [-0.4, -0.2) is 56.1 Å². The fourth-order valence-electron chi connectivity index (χ4n) is 2.06. The first-order valence-electron chi connectivity index (χ1n) is 11.4. The highest BCUT2D eigenvalue weighted by Crippen LogP contribution is 2.09. The van der Waals surface area contributed by atoms with Gasteiger partial charge in [0.25, 0.3) is 0 Å². The summed E-state index contributed by atoms with van der Waals surface area (Å²) in [5.41, 5.74) is 1.85. The third-order valence-corrected chi connectivity index (χ3v) is 3.11. The molecule has 0 fully saturated rings. The van der Waals surface area contributed by atoms with Gasteiger partial charge in [0.1, 0.15) is 17.5 Å². The predicted molar refractivity (Wildman–Crippen MR) is 138 cm³/mol.